The third-order valence-corrected chi connectivity index (χ3v) is 4.59. The van der Waals surface area contributed by atoms with Gasteiger partial charge in [-0.3, -0.25) is 9.69 Å². The summed E-state index contributed by atoms with van der Waals surface area (Å²) in [6, 6.07) is 16.2. The smallest absolute Gasteiger partial charge is 0.226 e. The number of halogens is 1. The zero-order chi connectivity index (χ0) is 18.2. The summed E-state index contributed by atoms with van der Waals surface area (Å²) in [4.78, 5) is 16.7. The van der Waals surface area contributed by atoms with Crippen molar-refractivity contribution in [3.63, 3.8) is 0 Å². The monoisotopic (exact) mass is 356 g/mol. The summed E-state index contributed by atoms with van der Waals surface area (Å²) in [6.45, 7) is 4.48. The van der Waals surface area contributed by atoms with Crippen LogP contribution in [-0.4, -0.2) is 48.5 Å². The van der Waals surface area contributed by atoms with Gasteiger partial charge in [-0.2, -0.15) is 0 Å². The number of para-hydroxylation sites is 1. The molecule has 1 aliphatic rings. The van der Waals surface area contributed by atoms with Gasteiger partial charge in [-0.1, -0.05) is 30.3 Å². The van der Waals surface area contributed by atoms with Crippen LogP contribution in [0.5, 0.6) is 5.75 Å². The first kappa shape index (κ1) is 18.4. The normalized spacial score (nSPS) is 15.5. The van der Waals surface area contributed by atoms with Gasteiger partial charge >= 0.3 is 0 Å². The van der Waals surface area contributed by atoms with E-state index in [2.05, 4.69) is 4.90 Å². The third kappa shape index (κ3) is 5.56. The maximum atomic E-state index is 13.0. The summed E-state index contributed by atoms with van der Waals surface area (Å²) in [7, 11) is 0. The molecular weight excluding hydrogens is 331 g/mol. The molecule has 0 spiro atoms. The first-order chi connectivity index (χ1) is 12.7. The van der Waals surface area contributed by atoms with Crippen LogP contribution in [0.25, 0.3) is 0 Å². The molecule has 0 bridgehead atoms. The van der Waals surface area contributed by atoms with Gasteiger partial charge in [0.05, 0.1) is 13.0 Å². The zero-order valence-electron chi connectivity index (χ0n) is 14.9. The fraction of sp³-hybridized carbons (Fsp3) is 0.381. The van der Waals surface area contributed by atoms with Crippen LogP contribution in [0.4, 0.5) is 4.39 Å². The zero-order valence-corrected chi connectivity index (χ0v) is 14.9. The summed E-state index contributed by atoms with van der Waals surface area (Å²) in [5, 5.41) is 0. The molecule has 2 aromatic carbocycles. The fourth-order valence-electron chi connectivity index (χ4n) is 3.16. The van der Waals surface area contributed by atoms with E-state index in [9.17, 15) is 9.18 Å². The average molecular weight is 356 g/mol. The lowest BCUT2D eigenvalue weighted by Crippen LogP contribution is -2.35. The minimum atomic E-state index is -0.209. The number of benzene rings is 2. The predicted molar refractivity (Wildman–Crippen MR) is 99.4 cm³/mol. The van der Waals surface area contributed by atoms with E-state index in [-0.39, 0.29) is 11.7 Å². The molecule has 0 saturated carbocycles. The molecule has 5 heteroatoms. The van der Waals surface area contributed by atoms with Gasteiger partial charge in [0, 0.05) is 32.7 Å². The van der Waals surface area contributed by atoms with E-state index in [0.29, 0.717) is 13.0 Å². The predicted octanol–water partition coefficient (Wildman–Crippen LogP) is 3.33. The highest BCUT2D eigenvalue weighted by Gasteiger charge is 2.19. The van der Waals surface area contributed by atoms with Crippen LogP contribution in [-0.2, 0) is 11.3 Å². The molecule has 1 saturated heterocycles. The van der Waals surface area contributed by atoms with E-state index in [1.807, 2.05) is 47.4 Å². The molecule has 0 N–H and O–H groups in total. The van der Waals surface area contributed by atoms with Gasteiger partial charge in [-0.25, -0.2) is 4.39 Å². The molecule has 3 rings (SSSR count). The van der Waals surface area contributed by atoms with Gasteiger partial charge in [-0.15, -0.1) is 0 Å². The van der Waals surface area contributed by atoms with Gasteiger partial charge in [0.15, 0.2) is 0 Å². The molecule has 4 nitrogen and oxygen atoms in total. The minimum absolute atomic E-state index is 0.143. The Morgan fingerprint density at radius 3 is 2.50 bits per heavy atom. The largest absolute Gasteiger partial charge is 0.493 e. The molecule has 26 heavy (non-hydrogen) atoms. The minimum Gasteiger partial charge on any atom is -0.493 e. The second-order valence-corrected chi connectivity index (χ2v) is 6.55. The molecule has 1 heterocycles. The first-order valence-corrected chi connectivity index (χ1v) is 9.13. The Hall–Kier alpha value is -2.40. The summed E-state index contributed by atoms with van der Waals surface area (Å²) < 4.78 is 18.6. The van der Waals surface area contributed by atoms with Gasteiger partial charge in [-0.05, 0) is 36.2 Å². The van der Waals surface area contributed by atoms with Crippen molar-refractivity contribution in [1.82, 2.24) is 9.80 Å². The summed E-state index contributed by atoms with van der Waals surface area (Å²) >= 11 is 0. The van der Waals surface area contributed by atoms with E-state index < -0.39 is 0 Å². The number of hydrogen-bond donors (Lipinski definition) is 0. The number of amides is 1. The molecule has 138 valence electrons. The molecule has 0 radical (unpaired) electrons. The van der Waals surface area contributed by atoms with Crippen molar-refractivity contribution in [2.45, 2.75) is 19.4 Å². The molecule has 0 aromatic heterocycles. The van der Waals surface area contributed by atoms with Gasteiger partial charge in [0.2, 0.25) is 5.91 Å². The van der Waals surface area contributed by atoms with E-state index in [0.717, 1.165) is 50.5 Å². The highest BCUT2D eigenvalue weighted by Crippen LogP contribution is 2.12. The summed E-state index contributed by atoms with van der Waals surface area (Å²) in [6.07, 6.45) is 1.35. The lowest BCUT2D eigenvalue weighted by Gasteiger charge is -2.22. The Bertz CT molecular complexity index is 691. The van der Waals surface area contributed by atoms with Crippen LogP contribution in [0, 0.1) is 5.82 Å². The van der Waals surface area contributed by atoms with E-state index in [4.69, 9.17) is 4.74 Å². The van der Waals surface area contributed by atoms with Gasteiger partial charge in [0.1, 0.15) is 11.6 Å². The second-order valence-electron chi connectivity index (χ2n) is 6.55. The van der Waals surface area contributed by atoms with Gasteiger partial charge < -0.3 is 9.64 Å². The number of hydrogen-bond acceptors (Lipinski definition) is 3. The Kier molecular flexibility index (Phi) is 6.61. The van der Waals surface area contributed by atoms with Crippen LogP contribution >= 0.6 is 0 Å². The fourth-order valence-corrected chi connectivity index (χ4v) is 3.16. The Morgan fingerprint density at radius 2 is 1.73 bits per heavy atom. The Labute approximate surface area is 154 Å². The standard InChI is InChI=1S/C21H25FN2O2/c22-19-9-7-18(8-10-19)17-23-12-4-13-24(15-14-23)21(25)11-16-26-20-5-2-1-3-6-20/h1-3,5-10H,4,11-17H2. The van der Waals surface area contributed by atoms with Crippen LogP contribution < -0.4 is 4.74 Å². The van der Waals surface area contributed by atoms with Crippen molar-refractivity contribution in [3.05, 3.63) is 66.0 Å². The number of rotatable bonds is 6. The van der Waals surface area contributed by atoms with Gasteiger partial charge in [0.25, 0.3) is 0 Å². The van der Waals surface area contributed by atoms with Crippen LogP contribution in [0.3, 0.4) is 0 Å². The molecule has 0 aliphatic carbocycles. The Balaban J connectivity index is 1.42. The average Bonchev–Trinajstić information content (AvgIpc) is 2.90. The summed E-state index contributed by atoms with van der Waals surface area (Å²) in [5.74, 6) is 0.727. The molecule has 1 fully saturated rings. The Morgan fingerprint density at radius 1 is 0.962 bits per heavy atom. The van der Waals surface area contributed by atoms with Crippen molar-refractivity contribution >= 4 is 5.91 Å². The van der Waals surface area contributed by atoms with Crippen LogP contribution in [0.1, 0.15) is 18.4 Å². The van der Waals surface area contributed by atoms with Crippen molar-refractivity contribution in [2.24, 2.45) is 0 Å². The maximum absolute atomic E-state index is 13.0. The van der Waals surface area contributed by atoms with Crippen molar-refractivity contribution in [1.29, 1.82) is 0 Å². The topological polar surface area (TPSA) is 32.8 Å². The quantitative estimate of drug-likeness (QED) is 0.796. The molecule has 0 unspecified atom stereocenters. The lowest BCUT2D eigenvalue weighted by molar-refractivity contribution is -0.131. The molecule has 1 aliphatic heterocycles. The molecule has 2 aromatic rings. The number of carbonyl (C=O) groups is 1. The number of nitrogens with zero attached hydrogens (tertiary/aromatic N) is 2. The molecule has 1 amide bonds. The van der Waals surface area contributed by atoms with E-state index in [1.165, 1.54) is 12.1 Å². The van der Waals surface area contributed by atoms with Crippen molar-refractivity contribution < 1.29 is 13.9 Å². The van der Waals surface area contributed by atoms with Crippen molar-refractivity contribution in [2.75, 3.05) is 32.8 Å². The molecule has 0 atom stereocenters. The highest BCUT2D eigenvalue weighted by molar-refractivity contribution is 5.76. The number of carbonyl (C=O) groups excluding carboxylic acids is 1. The first-order valence-electron chi connectivity index (χ1n) is 9.13. The second kappa shape index (κ2) is 9.34. The maximum Gasteiger partial charge on any atom is 0.226 e. The molecular formula is C21H25FN2O2. The van der Waals surface area contributed by atoms with E-state index in [1.54, 1.807) is 0 Å². The van der Waals surface area contributed by atoms with Crippen LogP contribution in [0.2, 0.25) is 0 Å². The highest BCUT2D eigenvalue weighted by atomic mass is 19.1. The number of ether oxygens (including phenoxy) is 1. The van der Waals surface area contributed by atoms with Crippen LogP contribution in [0.15, 0.2) is 54.6 Å². The third-order valence-electron chi connectivity index (χ3n) is 4.59. The summed E-state index contributed by atoms with van der Waals surface area (Å²) in [5.41, 5.74) is 1.10. The van der Waals surface area contributed by atoms with E-state index >= 15 is 0 Å². The van der Waals surface area contributed by atoms with Crippen molar-refractivity contribution in [3.8, 4) is 5.75 Å². The SMILES string of the molecule is O=C(CCOc1ccccc1)N1CCCN(Cc2ccc(F)cc2)CC1. The lowest BCUT2D eigenvalue weighted by atomic mass is 10.2.